The van der Waals surface area contributed by atoms with Crippen LogP contribution in [0.15, 0.2) is 121 Å². The summed E-state index contributed by atoms with van der Waals surface area (Å²) in [6.45, 7) is 3.66. The van der Waals surface area contributed by atoms with E-state index >= 15 is 0 Å². The molecule has 0 saturated carbocycles. The number of phenolic OH excluding ortho intramolecular Hbond substituents is 1. The number of unbranched alkanes of at least 4 members (excludes halogenated alkanes) is 3. The van der Waals surface area contributed by atoms with Crippen LogP contribution < -0.4 is 14.2 Å². The first kappa shape index (κ1) is 35.1. The largest absolute Gasteiger partial charge is 0.507 e. The van der Waals surface area contributed by atoms with Crippen molar-refractivity contribution in [3.63, 3.8) is 0 Å². The molecule has 5 aromatic carbocycles. The van der Waals surface area contributed by atoms with Gasteiger partial charge in [-0.3, -0.25) is 0 Å². The van der Waals surface area contributed by atoms with Gasteiger partial charge in [-0.2, -0.15) is 0 Å². The molecule has 0 atom stereocenters. The van der Waals surface area contributed by atoms with Crippen molar-refractivity contribution in [2.45, 2.75) is 71.7 Å². The standard InChI is InChI=1S/C43H46O6/c1-2-17-37-39(28-27-38(41(37)44)43(45)49-32-35-22-12-7-13-23-35)46-29-15-4-3-14-24-36-25-16-26-40(47-30-33-18-8-5-9-19-33)42(36)48-31-34-20-10-6-11-21-34/h5-13,16,18-23,25-28,44H,2-4,14-15,17,24,29-32H2,1H3. The highest BCUT2D eigenvalue weighted by Crippen LogP contribution is 2.35. The number of benzene rings is 5. The lowest BCUT2D eigenvalue weighted by Crippen LogP contribution is -2.08. The van der Waals surface area contributed by atoms with Gasteiger partial charge in [0.25, 0.3) is 0 Å². The molecule has 0 heterocycles. The second kappa shape index (κ2) is 18.9. The van der Waals surface area contributed by atoms with Crippen LogP contribution in [0, 0.1) is 0 Å². The first-order chi connectivity index (χ1) is 24.1. The number of phenols is 1. The lowest BCUT2D eigenvalue weighted by atomic mass is 10.0. The summed E-state index contributed by atoms with van der Waals surface area (Å²) in [6.07, 6.45) is 6.21. The Morgan fingerprint density at radius 1 is 0.571 bits per heavy atom. The third-order valence-electron chi connectivity index (χ3n) is 8.29. The second-order valence-electron chi connectivity index (χ2n) is 12.1. The van der Waals surface area contributed by atoms with Crippen LogP contribution in [-0.4, -0.2) is 17.7 Å². The van der Waals surface area contributed by atoms with Crippen molar-refractivity contribution in [1.29, 1.82) is 0 Å². The van der Waals surface area contributed by atoms with Gasteiger partial charge in [0.05, 0.1) is 6.61 Å². The summed E-state index contributed by atoms with van der Waals surface area (Å²) in [6, 6.07) is 39.3. The number of para-hydroxylation sites is 1. The molecule has 0 aliphatic heterocycles. The number of rotatable bonds is 19. The number of ether oxygens (including phenoxy) is 4. The molecule has 49 heavy (non-hydrogen) atoms. The van der Waals surface area contributed by atoms with E-state index in [4.69, 9.17) is 18.9 Å². The third kappa shape index (κ3) is 10.6. The van der Waals surface area contributed by atoms with Gasteiger partial charge in [-0.15, -0.1) is 0 Å². The van der Waals surface area contributed by atoms with E-state index in [1.807, 2.05) is 85.8 Å². The average Bonchev–Trinajstić information content (AvgIpc) is 3.14. The minimum Gasteiger partial charge on any atom is -0.507 e. The topological polar surface area (TPSA) is 74.2 Å². The first-order valence-corrected chi connectivity index (χ1v) is 17.3. The first-order valence-electron chi connectivity index (χ1n) is 17.3. The van der Waals surface area contributed by atoms with Crippen LogP contribution in [0.25, 0.3) is 0 Å². The van der Waals surface area contributed by atoms with E-state index in [1.165, 1.54) is 0 Å². The predicted molar refractivity (Wildman–Crippen MR) is 193 cm³/mol. The van der Waals surface area contributed by atoms with Crippen LogP contribution in [0.4, 0.5) is 0 Å². The monoisotopic (exact) mass is 658 g/mol. The van der Waals surface area contributed by atoms with E-state index in [9.17, 15) is 9.90 Å². The molecular formula is C43H46O6. The van der Waals surface area contributed by atoms with Crippen molar-refractivity contribution in [1.82, 2.24) is 0 Å². The molecule has 5 rings (SSSR count). The van der Waals surface area contributed by atoms with Gasteiger partial charge in [-0.25, -0.2) is 4.79 Å². The fourth-order valence-corrected chi connectivity index (χ4v) is 5.66. The smallest absolute Gasteiger partial charge is 0.342 e. The molecule has 0 aliphatic carbocycles. The minimum absolute atomic E-state index is 0.0577. The van der Waals surface area contributed by atoms with Crippen molar-refractivity contribution in [3.8, 4) is 23.0 Å². The summed E-state index contributed by atoms with van der Waals surface area (Å²) in [7, 11) is 0. The van der Waals surface area contributed by atoms with Crippen LogP contribution in [-0.2, 0) is 37.4 Å². The summed E-state index contributed by atoms with van der Waals surface area (Å²) in [4.78, 5) is 12.8. The van der Waals surface area contributed by atoms with Crippen LogP contribution in [0.5, 0.6) is 23.0 Å². The van der Waals surface area contributed by atoms with Gasteiger partial charge < -0.3 is 24.1 Å². The Hall–Kier alpha value is -5.23. The molecular weight excluding hydrogens is 612 g/mol. The zero-order chi connectivity index (χ0) is 34.1. The quantitative estimate of drug-likeness (QED) is 0.0703. The highest BCUT2D eigenvalue weighted by molar-refractivity contribution is 5.93. The Balaban J connectivity index is 1.12. The zero-order valence-corrected chi connectivity index (χ0v) is 28.3. The van der Waals surface area contributed by atoms with Crippen LogP contribution in [0.3, 0.4) is 0 Å². The van der Waals surface area contributed by atoms with Crippen LogP contribution in [0.2, 0.25) is 0 Å². The SMILES string of the molecule is CCCc1c(OCCCCCCc2cccc(OCc3ccccc3)c2OCc2ccccc2)ccc(C(=O)OCc2ccccc2)c1O. The molecule has 0 amide bonds. The van der Waals surface area contributed by atoms with E-state index in [2.05, 4.69) is 30.3 Å². The van der Waals surface area contributed by atoms with E-state index in [0.717, 1.165) is 72.3 Å². The Labute approximate surface area is 290 Å². The Bertz CT molecular complexity index is 1720. The number of hydrogen-bond acceptors (Lipinski definition) is 6. The van der Waals surface area contributed by atoms with Crippen LogP contribution >= 0.6 is 0 Å². The lowest BCUT2D eigenvalue weighted by Gasteiger charge is -2.17. The van der Waals surface area contributed by atoms with E-state index < -0.39 is 5.97 Å². The minimum atomic E-state index is -0.549. The number of carbonyl (C=O) groups is 1. The van der Waals surface area contributed by atoms with Crippen molar-refractivity contribution in [2.75, 3.05) is 6.61 Å². The van der Waals surface area contributed by atoms with Gasteiger partial charge in [0, 0.05) is 5.56 Å². The lowest BCUT2D eigenvalue weighted by molar-refractivity contribution is 0.0469. The fourth-order valence-electron chi connectivity index (χ4n) is 5.66. The predicted octanol–water partition coefficient (Wildman–Crippen LogP) is 10.0. The molecule has 0 unspecified atom stereocenters. The highest BCUT2D eigenvalue weighted by Gasteiger charge is 2.20. The van der Waals surface area contributed by atoms with Crippen molar-refractivity contribution >= 4 is 5.97 Å². The van der Waals surface area contributed by atoms with Gasteiger partial charge in [0.15, 0.2) is 11.5 Å². The van der Waals surface area contributed by atoms with Gasteiger partial charge >= 0.3 is 5.97 Å². The molecule has 6 heteroatoms. The van der Waals surface area contributed by atoms with Crippen molar-refractivity contribution in [2.24, 2.45) is 0 Å². The molecule has 0 saturated heterocycles. The van der Waals surface area contributed by atoms with Gasteiger partial charge in [-0.1, -0.05) is 129 Å². The van der Waals surface area contributed by atoms with E-state index in [1.54, 1.807) is 12.1 Å². The summed E-state index contributed by atoms with van der Waals surface area (Å²) in [5.74, 6) is 1.57. The van der Waals surface area contributed by atoms with E-state index in [-0.39, 0.29) is 17.9 Å². The molecule has 0 aromatic heterocycles. The number of hydrogen-bond donors (Lipinski definition) is 1. The fraction of sp³-hybridized carbons (Fsp3) is 0.279. The third-order valence-corrected chi connectivity index (χ3v) is 8.29. The van der Waals surface area contributed by atoms with Crippen molar-refractivity contribution in [3.05, 3.63) is 155 Å². The van der Waals surface area contributed by atoms with Gasteiger partial charge in [-0.05, 0) is 66.1 Å². The van der Waals surface area contributed by atoms with Gasteiger partial charge in [0.2, 0.25) is 0 Å². The molecule has 0 radical (unpaired) electrons. The van der Waals surface area contributed by atoms with E-state index in [0.29, 0.717) is 37.6 Å². The molecule has 5 aromatic rings. The normalized spacial score (nSPS) is 10.8. The number of aromatic hydroxyl groups is 1. The highest BCUT2D eigenvalue weighted by atomic mass is 16.5. The summed E-state index contributed by atoms with van der Waals surface area (Å²) in [5, 5.41) is 11.0. The number of esters is 1. The van der Waals surface area contributed by atoms with Gasteiger partial charge in [0.1, 0.15) is 36.9 Å². The Morgan fingerprint density at radius 2 is 1.18 bits per heavy atom. The maximum atomic E-state index is 12.8. The number of aryl methyl sites for hydroxylation is 1. The summed E-state index contributed by atoms with van der Waals surface area (Å²) >= 11 is 0. The molecule has 1 N–H and O–H groups in total. The molecule has 6 nitrogen and oxygen atoms in total. The summed E-state index contributed by atoms with van der Waals surface area (Å²) < 4.78 is 24.2. The van der Waals surface area contributed by atoms with Crippen molar-refractivity contribution < 1.29 is 28.8 Å². The summed E-state index contributed by atoms with van der Waals surface area (Å²) in [5.41, 5.74) is 5.06. The molecule has 254 valence electrons. The maximum Gasteiger partial charge on any atom is 0.342 e. The molecule has 0 spiro atoms. The molecule has 0 bridgehead atoms. The Morgan fingerprint density at radius 3 is 1.84 bits per heavy atom. The maximum absolute atomic E-state index is 12.8. The second-order valence-corrected chi connectivity index (χ2v) is 12.1. The average molecular weight is 659 g/mol. The van der Waals surface area contributed by atoms with Crippen LogP contribution in [0.1, 0.15) is 77.2 Å². The molecule has 0 fully saturated rings. The molecule has 0 aliphatic rings. The zero-order valence-electron chi connectivity index (χ0n) is 28.3. The number of carbonyl (C=O) groups excluding carboxylic acids is 1. The Kier molecular flexibility index (Phi) is 13.6.